The van der Waals surface area contributed by atoms with Gasteiger partial charge in [-0.2, -0.15) is 5.10 Å². The lowest BCUT2D eigenvalue weighted by Crippen LogP contribution is -2.31. The van der Waals surface area contributed by atoms with Crippen molar-refractivity contribution in [2.45, 2.75) is 51.8 Å². The quantitative estimate of drug-likeness (QED) is 0.448. The van der Waals surface area contributed by atoms with E-state index in [0.717, 1.165) is 36.0 Å². The first-order chi connectivity index (χ1) is 14.0. The van der Waals surface area contributed by atoms with Gasteiger partial charge in [0, 0.05) is 0 Å². The van der Waals surface area contributed by atoms with Gasteiger partial charge in [-0.3, -0.25) is 9.69 Å². The molecule has 4 nitrogen and oxygen atoms in total. The second-order valence-electron chi connectivity index (χ2n) is 7.29. The molecular weight excluding hydrogens is 385 g/mol. The molecule has 1 unspecified atom stereocenters. The Morgan fingerprint density at radius 2 is 1.93 bits per heavy atom. The Kier molecular flexibility index (Phi) is 7.20. The number of aryl methyl sites for hydroxylation is 2. The van der Waals surface area contributed by atoms with E-state index < -0.39 is 0 Å². The van der Waals surface area contributed by atoms with Crippen LogP contribution < -0.4 is 0 Å². The molecule has 1 fully saturated rings. The van der Waals surface area contributed by atoms with E-state index in [1.54, 1.807) is 23.2 Å². The molecule has 0 bridgehead atoms. The number of benzene rings is 2. The van der Waals surface area contributed by atoms with Crippen molar-refractivity contribution in [1.82, 2.24) is 4.90 Å². The molecule has 1 atom stereocenters. The Morgan fingerprint density at radius 1 is 1.17 bits per heavy atom. The van der Waals surface area contributed by atoms with Gasteiger partial charge >= 0.3 is 0 Å². The number of halogens is 1. The highest BCUT2D eigenvalue weighted by atomic mass is 32.2. The predicted molar refractivity (Wildman–Crippen MR) is 119 cm³/mol. The van der Waals surface area contributed by atoms with E-state index in [9.17, 15) is 9.18 Å². The van der Waals surface area contributed by atoms with Crippen molar-refractivity contribution in [1.29, 1.82) is 0 Å². The molecule has 1 aliphatic rings. The zero-order chi connectivity index (χ0) is 20.8. The molecule has 0 N–H and O–H groups in total. The summed E-state index contributed by atoms with van der Waals surface area (Å²) in [7, 11) is 0. The average Bonchev–Trinajstić information content (AvgIpc) is 2.98. The molecule has 152 valence electrons. The Labute approximate surface area is 175 Å². The predicted octanol–water partition coefficient (Wildman–Crippen LogP) is 5.47. The number of carbonyl (C=O) groups excluding carboxylic acids is 1. The van der Waals surface area contributed by atoms with Crippen molar-refractivity contribution in [3.05, 3.63) is 70.5 Å². The molecule has 0 aliphatic carbocycles. The number of unbranched alkanes of at least 4 members (excludes halogenated alkanes) is 1. The maximum Gasteiger partial charge on any atom is 0.242 e. The van der Waals surface area contributed by atoms with Gasteiger partial charge in [-0.1, -0.05) is 67.4 Å². The topological polar surface area (TPSA) is 45.0 Å². The second kappa shape index (κ2) is 9.83. The van der Waals surface area contributed by atoms with Crippen LogP contribution in [0.2, 0.25) is 0 Å². The van der Waals surface area contributed by atoms with Gasteiger partial charge in [0.1, 0.15) is 5.82 Å². The van der Waals surface area contributed by atoms with Crippen LogP contribution in [0.1, 0.15) is 48.4 Å². The molecule has 2 aromatic carbocycles. The molecule has 0 aromatic heterocycles. The number of amides is 1. The Morgan fingerprint density at radius 3 is 2.62 bits per heavy atom. The third-order valence-corrected chi connectivity index (χ3v) is 6.09. The van der Waals surface area contributed by atoms with E-state index in [2.05, 4.69) is 30.1 Å². The van der Waals surface area contributed by atoms with E-state index in [1.807, 2.05) is 19.1 Å². The van der Waals surface area contributed by atoms with Crippen molar-refractivity contribution in [3.63, 3.8) is 0 Å². The molecule has 1 amide bonds. The molecule has 1 aliphatic heterocycles. The summed E-state index contributed by atoms with van der Waals surface area (Å²) in [6.07, 6.45) is 4.58. The van der Waals surface area contributed by atoms with Gasteiger partial charge in [-0.05, 0) is 49.1 Å². The molecule has 6 heteroatoms. The lowest BCUT2D eigenvalue weighted by molar-refractivity contribution is -0.126. The summed E-state index contributed by atoms with van der Waals surface area (Å²) in [4.78, 5) is 14.6. The Bertz CT molecular complexity index is 924. The maximum absolute atomic E-state index is 13.2. The minimum absolute atomic E-state index is 0.0493. The highest BCUT2D eigenvalue weighted by molar-refractivity contribution is 8.15. The first-order valence-electron chi connectivity index (χ1n) is 9.88. The van der Waals surface area contributed by atoms with Crippen LogP contribution in [0.3, 0.4) is 0 Å². The summed E-state index contributed by atoms with van der Waals surface area (Å²) in [6, 6.07) is 12.4. The number of thioether (sulfide) groups is 1. The van der Waals surface area contributed by atoms with Crippen LogP contribution in [0, 0.1) is 19.7 Å². The number of hydrogen-bond acceptors (Lipinski definition) is 4. The van der Waals surface area contributed by atoms with Crippen molar-refractivity contribution in [3.8, 4) is 0 Å². The monoisotopic (exact) mass is 411 g/mol. The van der Waals surface area contributed by atoms with E-state index in [0.29, 0.717) is 11.7 Å². The standard InChI is InChI=1S/C23H26FN3OS/c1-4-5-6-21-22(28)27(15-18-8-11-20(24)12-9-18)23(29-21)26-25-14-19-10-7-16(2)13-17(19)3/h7-14,21H,4-6,15H2,1-3H3/b25-14+,26-23-. The number of nitrogens with zero attached hydrogens (tertiary/aromatic N) is 3. The zero-order valence-electron chi connectivity index (χ0n) is 17.1. The average molecular weight is 412 g/mol. The molecular formula is C23H26FN3OS. The van der Waals surface area contributed by atoms with Crippen LogP contribution >= 0.6 is 11.8 Å². The minimum Gasteiger partial charge on any atom is -0.284 e. The van der Waals surface area contributed by atoms with Gasteiger partial charge in [-0.25, -0.2) is 4.39 Å². The third kappa shape index (κ3) is 5.54. The first-order valence-corrected chi connectivity index (χ1v) is 10.8. The molecule has 0 radical (unpaired) electrons. The zero-order valence-corrected chi connectivity index (χ0v) is 17.9. The van der Waals surface area contributed by atoms with Gasteiger partial charge < -0.3 is 0 Å². The van der Waals surface area contributed by atoms with Gasteiger partial charge in [-0.15, -0.1) is 5.10 Å². The third-order valence-electron chi connectivity index (χ3n) is 4.86. The molecule has 0 saturated carbocycles. The summed E-state index contributed by atoms with van der Waals surface area (Å²) in [5.41, 5.74) is 4.20. The van der Waals surface area contributed by atoms with Crippen LogP contribution in [0.5, 0.6) is 0 Å². The minimum atomic E-state index is -0.288. The SMILES string of the molecule is CCCCC1S/C(=N\N=C\c2ccc(C)cc2C)N(Cc2ccc(F)cc2)C1=O. The lowest BCUT2D eigenvalue weighted by Gasteiger charge is -2.16. The lowest BCUT2D eigenvalue weighted by atomic mass is 10.1. The number of amidine groups is 1. The molecule has 2 aromatic rings. The summed E-state index contributed by atoms with van der Waals surface area (Å²) in [5.74, 6) is -0.239. The number of hydrogen-bond donors (Lipinski definition) is 0. The number of rotatable bonds is 7. The fourth-order valence-corrected chi connectivity index (χ4v) is 4.33. The summed E-state index contributed by atoms with van der Waals surface area (Å²) < 4.78 is 13.2. The molecule has 3 rings (SSSR count). The number of carbonyl (C=O) groups is 1. The van der Waals surface area contributed by atoms with Crippen molar-refractivity contribution in [2.24, 2.45) is 10.2 Å². The maximum atomic E-state index is 13.2. The van der Waals surface area contributed by atoms with Gasteiger partial charge in [0.2, 0.25) is 5.91 Å². The van der Waals surface area contributed by atoms with Gasteiger partial charge in [0.25, 0.3) is 0 Å². The summed E-state index contributed by atoms with van der Waals surface area (Å²) in [6.45, 7) is 6.58. The molecule has 29 heavy (non-hydrogen) atoms. The van der Waals surface area contributed by atoms with Gasteiger partial charge in [0.15, 0.2) is 5.17 Å². The Balaban J connectivity index is 1.81. The fourth-order valence-electron chi connectivity index (χ4n) is 3.19. The largest absolute Gasteiger partial charge is 0.284 e. The highest BCUT2D eigenvalue weighted by Crippen LogP contribution is 2.32. The van der Waals surface area contributed by atoms with Crippen molar-refractivity contribution < 1.29 is 9.18 Å². The van der Waals surface area contributed by atoms with Crippen molar-refractivity contribution >= 4 is 29.1 Å². The van der Waals surface area contributed by atoms with E-state index in [-0.39, 0.29) is 17.0 Å². The first kappa shape index (κ1) is 21.2. The second-order valence-corrected chi connectivity index (χ2v) is 8.46. The van der Waals surface area contributed by atoms with Crippen LogP contribution in [-0.2, 0) is 11.3 Å². The Hall–Kier alpha value is -2.47. The van der Waals surface area contributed by atoms with E-state index >= 15 is 0 Å². The highest BCUT2D eigenvalue weighted by Gasteiger charge is 2.37. The normalized spacial score (nSPS) is 18.3. The smallest absolute Gasteiger partial charge is 0.242 e. The summed E-state index contributed by atoms with van der Waals surface area (Å²) >= 11 is 1.47. The van der Waals surface area contributed by atoms with E-state index in [4.69, 9.17) is 0 Å². The van der Waals surface area contributed by atoms with E-state index in [1.165, 1.54) is 29.5 Å². The summed E-state index contributed by atoms with van der Waals surface area (Å²) in [5, 5.41) is 9.09. The molecule has 1 heterocycles. The van der Waals surface area contributed by atoms with Crippen molar-refractivity contribution in [2.75, 3.05) is 0 Å². The van der Waals surface area contributed by atoms with Crippen LogP contribution in [0.15, 0.2) is 52.7 Å². The molecule has 0 spiro atoms. The van der Waals surface area contributed by atoms with Crippen LogP contribution in [0.25, 0.3) is 0 Å². The van der Waals surface area contributed by atoms with Gasteiger partial charge in [0.05, 0.1) is 18.0 Å². The van der Waals surface area contributed by atoms with Crippen LogP contribution in [0.4, 0.5) is 4.39 Å². The van der Waals surface area contributed by atoms with Crippen LogP contribution in [-0.4, -0.2) is 27.4 Å². The molecule has 1 saturated heterocycles. The fraction of sp³-hybridized carbons (Fsp3) is 0.348.